The van der Waals surface area contributed by atoms with Crippen molar-refractivity contribution in [3.63, 3.8) is 0 Å². The van der Waals surface area contributed by atoms with Gasteiger partial charge in [-0.3, -0.25) is 0 Å². The molecule has 4 aromatic carbocycles. The van der Waals surface area contributed by atoms with Gasteiger partial charge in [0, 0.05) is 53.9 Å². The summed E-state index contributed by atoms with van der Waals surface area (Å²) >= 11 is -0.104. The van der Waals surface area contributed by atoms with Crippen LogP contribution in [0, 0.1) is 96.9 Å². The molecule has 2 N–H and O–H groups in total. The van der Waals surface area contributed by atoms with E-state index in [-0.39, 0.29) is 0 Å². The summed E-state index contributed by atoms with van der Waals surface area (Å²) in [5.74, 6) is 1.50. The molecule has 0 spiro atoms. The number of nitrogens with one attached hydrogen (secondary N) is 2. The molecular weight excluding hydrogens is 881 g/mol. The Balaban J connectivity index is 0.000000191. The molecule has 0 saturated carbocycles. The van der Waals surface area contributed by atoms with E-state index in [1.54, 1.807) is 22.7 Å². The van der Waals surface area contributed by atoms with Crippen LogP contribution in [0.5, 0.6) is 0 Å². The quantitative estimate of drug-likeness (QED) is 0.114. The maximum Gasteiger partial charge on any atom is 0.252 e. The molecule has 8 aromatic rings. The summed E-state index contributed by atoms with van der Waals surface area (Å²) in [6.45, 7) is 29.2. The van der Waals surface area contributed by atoms with Gasteiger partial charge in [0.2, 0.25) is 22.2 Å². The SMILES string of the molecule is Cc1noc(NOS(=O)c2c(Cc3c(C)c(C)c(C)c(C)c3C)sc3ccccc23)c1C.Cc1onc(NOS(=O)c2c(Cc3c(C)c(C)c(C)c(C)c3C)sc3ccccc23)c1C. The number of aryl methyl sites for hydroxylation is 2. The minimum absolute atomic E-state index is 0.369. The predicted molar refractivity (Wildman–Crippen MR) is 264 cm³/mol. The second-order valence-corrected chi connectivity index (χ2v) is 20.9. The summed E-state index contributed by atoms with van der Waals surface area (Å²) < 4.78 is 50.4. The minimum Gasteiger partial charge on any atom is -0.359 e. The van der Waals surface area contributed by atoms with Gasteiger partial charge in [0.05, 0.1) is 15.5 Å². The fourth-order valence-corrected chi connectivity index (χ4v) is 12.7. The molecular formula is C50H56N4O6S4. The van der Waals surface area contributed by atoms with Crippen LogP contribution in [0.15, 0.2) is 67.4 Å². The van der Waals surface area contributed by atoms with Crippen LogP contribution in [-0.2, 0) is 43.6 Å². The Labute approximate surface area is 389 Å². The molecule has 0 fully saturated rings. The van der Waals surface area contributed by atoms with E-state index in [1.165, 1.54) is 66.8 Å². The maximum atomic E-state index is 13.4. The molecule has 0 saturated heterocycles. The summed E-state index contributed by atoms with van der Waals surface area (Å²) in [6, 6.07) is 16.1. The van der Waals surface area contributed by atoms with Crippen LogP contribution in [0.1, 0.15) is 99.1 Å². The molecule has 336 valence electrons. The second-order valence-electron chi connectivity index (χ2n) is 16.5. The third kappa shape index (κ3) is 9.01. The average Bonchev–Trinajstić information content (AvgIpc) is 4.04. The summed E-state index contributed by atoms with van der Waals surface area (Å²) in [7, 11) is 0. The number of fused-ring (bicyclic) bond motifs is 2. The molecule has 0 bridgehead atoms. The summed E-state index contributed by atoms with van der Waals surface area (Å²) in [4.78, 5) is 3.52. The second kappa shape index (κ2) is 19.3. The van der Waals surface area contributed by atoms with Crippen molar-refractivity contribution in [1.82, 2.24) is 10.3 Å². The molecule has 2 atom stereocenters. The predicted octanol–water partition coefficient (Wildman–Crippen LogP) is 13.4. The number of thiophene rings is 2. The Hall–Kier alpha value is -4.96. The number of anilines is 2. The highest BCUT2D eigenvalue weighted by atomic mass is 32.2. The van der Waals surface area contributed by atoms with E-state index in [1.807, 2.05) is 64.1 Å². The average molecular weight is 937 g/mol. The molecule has 0 aliphatic carbocycles. The van der Waals surface area contributed by atoms with Gasteiger partial charge in [0.15, 0.2) is 5.82 Å². The van der Waals surface area contributed by atoms with Crippen LogP contribution in [0.3, 0.4) is 0 Å². The van der Waals surface area contributed by atoms with Gasteiger partial charge < -0.3 is 9.05 Å². The highest BCUT2D eigenvalue weighted by Gasteiger charge is 2.25. The third-order valence-electron chi connectivity index (χ3n) is 13.3. The van der Waals surface area contributed by atoms with Crippen molar-refractivity contribution in [2.24, 2.45) is 0 Å². The summed E-state index contributed by atoms with van der Waals surface area (Å²) in [6.07, 6.45) is 1.43. The summed E-state index contributed by atoms with van der Waals surface area (Å²) in [5, 5.41) is 9.75. The first kappa shape index (κ1) is 47.0. The van der Waals surface area contributed by atoms with Gasteiger partial charge in [-0.05, 0) is 176 Å². The summed E-state index contributed by atoms with van der Waals surface area (Å²) in [5.41, 5.74) is 23.6. The normalized spacial score (nSPS) is 12.5. The van der Waals surface area contributed by atoms with Gasteiger partial charge >= 0.3 is 0 Å². The zero-order valence-electron chi connectivity index (χ0n) is 39.0. The molecule has 0 aliphatic rings. The first-order valence-electron chi connectivity index (χ1n) is 21.1. The van der Waals surface area contributed by atoms with Crippen LogP contribution in [0.25, 0.3) is 20.2 Å². The minimum atomic E-state index is -1.73. The zero-order valence-corrected chi connectivity index (χ0v) is 42.3. The van der Waals surface area contributed by atoms with Crippen LogP contribution < -0.4 is 11.0 Å². The van der Waals surface area contributed by atoms with E-state index in [0.717, 1.165) is 46.7 Å². The number of benzene rings is 4. The molecule has 0 aliphatic heterocycles. The maximum absolute atomic E-state index is 13.4. The van der Waals surface area contributed by atoms with Crippen LogP contribution in [-0.4, -0.2) is 18.7 Å². The molecule has 10 nitrogen and oxygen atoms in total. The molecule has 64 heavy (non-hydrogen) atoms. The van der Waals surface area contributed by atoms with E-state index in [4.69, 9.17) is 17.6 Å². The van der Waals surface area contributed by atoms with Crippen molar-refractivity contribution in [1.29, 1.82) is 0 Å². The number of aromatic nitrogens is 2. The van der Waals surface area contributed by atoms with E-state index >= 15 is 0 Å². The monoisotopic (exact) mass is 936 g/mol. The lowest BCUT2D eigenvalue weighted by molar-refractivity contribution is 0.366. The standard InChI is InChI=1S/2C25H28N2O3S2/c1-13-14(2)16(4)21(17(5)15(13)3)12-23-24(20-10-8-9-11-22(20)31-23)32(28)30-27-25-18(6)19(7)29-26-25;1-13-14(2)16(4)21(17(5)15(13)3)12-23-24(20-10-8-9-11-22(20)31-23)32(28)30-27-25-18(6)19(7)26-29-25/h8-11H,12H2,1-7H3,(H,26,27);8-11,27H,12H2,1-7H3. The van der Waals surface area contributed by atoms with Gasteiger partial charge in [0.1, 0.15) is 5.76 Å². The Morgan fingerprint density at radius 1 is 0.500 bits per heavy atom. The molecule has 14 heteroatoms. The lowest BCUT2D eigenvalue weighted by atomic mass is 9.88. The van der Waals surface area contributed by atoms with Crippen LogP contribution in [0.2, 0.25) is 0 Å². The first-order chi connectivity index (χ1) is 30.4. The Morgan fingerprint density at radius 3 is 1.30 bits per heavy atom. The third-order valence-corrected chi connectivity index (χ3v) is 18.0. The van der Waals surface area contributed by atoms with Gasteiger partial charge in [-0.1, -0.05) is 46.7 Å². The zero-order chi connectivity index (χ0) is 46.3. The molecule has 2 unspecified atom stereocenters. The molecule has 0 amide bonds. The lowest BCUT2D eigenvalue weighted by Gasteiger charge is -2.18. The number of nitrogens with zero attached hydrogens (tertiary/aromatic N) is 2. The van der Waals surface area contributed by atoms with Crippen molar-refractivity contribution in [3.05, 3.63) is 148 Å². The molecule has 8 rings (SSSR count). The number of hydrogen-bond acceptors (Lipinski definition) is 12. The first-order valence-corrected chi connectivity index (χ1v) is 24.9. The van der Waals surface area contributed by atoms with Crippen molar-refractivity contribution in [2.45, 2.75) is 120 Å². The van der Waals surface area contributed by atoms with Crippen LogP contribution in [0.4, 0.5) is 11.7 Å². The topological polar surface area (TPSA) is 129 Å². The lowest BCUT2D eigenvalue weighted by Crippen LogP contribution is -2.08. The smallest absolute Gasteiger partial charge is 0.252 e. The largest absolute Gasteiger partial charge is 0.359 e. The molecule has 0 radical (unpaired) electrons. The van der Waals surface area contributed by atoms with Gasteiger partial charge in [0.25, 0.3) is 5.88 Å². The van der Waals surface area contributed by atoms with Gasteiger partial charge in [-0.15, -0.1) is 22.7 Å². The van der Waals surface area contributed by atoms with Crippen molar-refractivity contribution < 1.29 is 26.0 Å². The number of rotatable bonds is 12. The van der Waals surface area contributed by atoms with Crippen molar-refractivity contribution >= 4 is 76.7 Å². The van der Waals surface area contributed by atoms with Gasteiger partial charge in [-0.25, -0.2) is 19.4 Å². The Kier molecular flexibility index (Phi) is 14.1. The Bertz CT molecular complexity index is 2850. The number of hydrogen-bond donors (Lipinski definition) is 2. The Morgan fingerprint density at radius 2 is 0.906 bits per heavy atom. The fourth-order valence-electron chi connectivity index (χ4n) is 8.01. The van der Waals surface area contributed by atoms with Crippen molar-refractivity contribution in [3.8, 4) is 0 Å². The fraction of sp³-hybridized carbons (Fsp3) is 0.320. The van der Waals surface area contributed by atoms with Gasteiger partial charge in [-0.2, -0.15) is 8.57 Å². The van der Waals surface area contributed by atoms with E-state index in [2.05, 4.69) is 103 Å². The van der Waals surface area contributed by atoms with Crippen LogP contribution >= 0.6 is 22.7 Å². The molecule has 4 heterocycles. The van der Waals surface area contributed by atoms with E-state index in [9.17, 15) is 8.42 Å². The van der Waals surface area contributed by atoms with Crippen molar-refractivity contribution in [2.75, 3.05) is 11.0 Å². The highest BCUT2D eigenvalue weighted by molar-refractivity contribution is 7.81. The molecule has 4 aromatic heterocycles. The van der Waals surface area contributed by atoms with E-state index in [0.29, 0.717) is 40.1 Å². The van der Waals surface area contributed by atoms with E-state index < -0.39 is 22.2 Å². The highest BCUT2D eigenvalue weighted by Crippen LogP contribution is 2.40.